The number of carbonyl (C=O) groups excluding carboxylic acids is 2. The summed E-state index contributed by atoms with van der Waals surface area (Å²) >= 11 is 0. The monoisotopic (exact) mass is 102 g/mol. The van der Waals surface area contributed by atoms with Gasteiger partial charge in [-0.05, 0) is 0 Å². The maximum Gasteiger partial charge on any atom is 0.197 e. The van der Waals surface area contributed by atoms with Gasteiger partial charge in [0, 0.05) is 6.42 Å². The van der Waals surface area contributed by atoms with Crippen LogP contribution in [0.5, 0.6) is 0 Å². The van der Waals surface area contributed by atoms with Crippen LogP contribution >= 0.6 is 0 Å². The van der Waals surface area contributed by atoms with E-state index < -0.39 is 5.78 Å². The third-order valence-electron chi connectivity index (χ3n) is 0.490. The van der Waals surface area contributed by atoms with Crippen molar-refractivity contribution < 1.29 is 14.7 Å². The first-order chi connectivity index (χ1) is 3.31. The minimum Gasteiger partial charge on any atom is -0.396 e. The largest absolute Gasteiger partial charge is 0.396 e. The highest BCUT2D eigenvalue weighted by Crippen LogP contribution is 1.72. The smallest absolute Gasteiger partial charge is 0.197 e. The normalized spacial score (nSPS) is 8.14. The fourth-order valence-corrected chi connectivity index (χ4v) is 0.169. The molecule has 0 saturated carbocycles. The van der Waals surface area contributed by atoms with E-state index in [4.69, 9.17) is 5.11 Å². The molecular formula is C4H6O3. The molecule has 0 aromatic heterocycles. The Kier molecular flexibility index (Phi) is 3.14. The lowest BCUT2D eigenvalue weighted by Gasteiger charge is -1.79. The average molecular weight is 102 g/mol. The number of hydrogen-bond donors (Lipinski definition) is 1. The fraction of sp³-hybridized carbons (Fsp3) is 0.500. The zero-order valence-corrected chi connectivity index (χ0v) is 3.76. The van der Waals surface area contributed by atoms with Crippen LogP contribution in [-0.2, 0) is 9.59 Å². The van der Waals surface area contributed by atoms with Crippen LogP contribution in [0, 0.1) is 0 Å². The molecule has 0 bridgehead atoms. The number of ketones is 1. The molecule has 0 rings (SSSR count). The Morgan fingerprint density at radius 3 is 2.43 bits per heavy atom. The van der Waals surface area contributed by atoms with Crippen LogP contribution in [0.2, 0.25) is 0 Å². The van der Waals surface area contributed by atoms with Crippen molar-refractivity contribution in [3.05, 3.63) is 0 Å². The second kappa shape index (κ2) is 3.49. The first-order valence-corrected chi connectivity index (χ1v) is 1.90. The summed E-state index contributed by atoms with van der Waals surface area (Å²) in [6, 6.07) is 0. The standard InChI is InChI=1S/C4H6O3/c5-2-1-4(7)3-6/h3,5H,1-2H2. The van der Waals surface area contributed by atoms with Crippen LogP contribution in [0.3, 0.4) is 0 Å². The molecule has 0 spiro atoms. The van der Waals surface area contributed by atoms with Gasteiger partial charge in [0.25, 0.3) is 0 Å². The summed E-state index contributed by atoms with van der Waals surface area (Å²) in [6.07, 6.45) is 0.152. The maximum absolute atomic E-state index is 9.88. The van der Waals surface area contributed by atoms with Gasteiger partial charge in [0.1, 0.15) is 0 Å². The number of carbonyl (C=O) groups is 2. The second-order valence-electron chi connectivity index (χ2n) is 1.06. The van der Waals surface area contributed by atoms with Crippen LogP contribution in [0.15, 0.2) is 0 Å². The molecule has 0 aliphatic rings. The molecule has 0 aliphatic carbocycles. The Hall–Kier alpha value is -0.700. The lowest BCUT2D eigenvalue weighted by atomic mass is 10.3. The molecule has 0 aliphatic heterocycles. The molecule has 0 aromatic carbocycles. The molecular weight excluding hydrogens is 96.0 g/mol. The third-order valence-corrected chi connectivity index (χ3v) is 0.490. The van der Waals surface area contributed by atoms with Gasteiger partial charge < -0.3 is 5.11 Å². The van der Waals surface area contributed by atoms with Crippen molar-refractivity contribution in [2.45, 2.75) is 6.42 Å². The highest BCUT2D eigenvalue weighted by molar-refractivity contribution is 6.24. The van der Waals surface area contributed by atoms with Gasteiger partial charge in [-0.15, -0.1) is 0 Å². The Bertz CT molecular complexity index is 77.0. The number of hydrogen-bond acceptors (Lipinski definition) is 3. The summed E-state index contributed by atoms with van der Waals surface area (Å²) in [5.74, 6) is -0.553. The highest BCUT2D eigenvalue weighted by atomic mass is 16.3. The van der Waals surface area contributed by atoms with Gasteiger partial charge in [-0.3, -0.25) is 9.59 Å². The molecule has 3 heteroatoms. The minimum atomic E-state index is -0.553. The highest BCUT2D eigenvalue weighted by Gasteiger charge is 1.93. The van der Waals surface area contributed by atoms with E-state index in [1.165, 1.54) is 0 Å². The Morgan fingerprint density at radius 2 is 2.29 bits per heavy atom. The number of aliphatic hydroxyl groups is 1. The van der Waals surface area contributed by atoms with Crippen molar-refractivity contribution in [1.82, 2.24) is 0 Å². The molecule has 0 amide bonds. The molecule has 0 unspecified atom stereocenters. The van der Waals surface area contributed by atoms with Gasteiger partial charge in [-0.25, -0.2) is 0 Å². The van der Waals surface area contributed by atoms with Crippen LogP contribution in [0.4, 0.5) is 0 Å². The van der Waals surface area contributed by atoms with Gasteiger partial charge in [0.15, 0.2) is 12.1 Å². The van der Waals surface area contributed by atoms with E-state index in [1.807, 2.05) is 0 Å². The predicted octanol–water partition coefficient (Wildman–Crippen LogP) is -0.863. The first-order valence-electron chi connectivity index (χ1n) is 1.90. The van der Waals surface area contributed by atoms with Crippen LogP contribution in [0.1, 0.15) is 6.42 Å². The fourth-order valence-electron chi connectivity index (χ4n) is 0.169. The summed E-state index contributed by atoms with van der Waals surface area (Å²) in [5, 5.41) is 7.99. The Balaban J connectivity index is 3.17. The van der Waals surface area contributed by atoms with Crippen LogP contribution in [-0.4, -0.2) is 23.8 Å². The zero-order chi connectivity index (χ0) is 5.70. The summed E-state index contributed by atoms with van der Waals surface area (Å²) in [7, 11) is 0. The van der Waals surface area contributed by atoms with Gasteiger partial charge in [-0.1, -0.05) is 0 Å². The van der Waals surface area contributed by atoms with E-state index in [1.54, 1.807) is 0 Å². The van der Waals surface area contributed by atoms with Crippen molar-refractivity contribution in [2.75, 3.05) is 6.61 Å². The van der Waals surface area contributed by atoms with Crippen molar-refractivity contribution >= 4 is 12.1 Å². The van der Waals surface area contributed by atoms with Crippen molar-refractivity contribution in [2.24, 2.45) is 0 Å². The van der Waals surface area contributed by atoms with E-state index in [2.05, 4.69) is 0 Å². The molecule has 0 atom stereocenters. The Labute approximate surface area is 41.0 Å². The topological polar surface area (TPSA) is 54.4 Å². The van der Waals surface area contributed by atoms with Gasteiger partial charge >= 0.3 is 0 Å². The molecule has 0 saturated heterocycles. The van der Waals surface area contributed by atoms with Crippen molar-refractivity contribution in [1.29, 1.82) is 0 Å². The van der Waals surface area contributed by atoms with E-state index in [0.29, 0.717) is 0 Å². The maximum atomic E-state index is 9.88. The minimum absolute atomic E-state index is 0.0521. The zero-order valence-electron chi connectivity index (χ0n) is 3.76. The molecule has 0 radical (unpaired) electrons. The van der Waals surface area contributed by atoms with Crippen LogP contribution in [0.25, 0.3) is 0 Å². The van der Waals surface area contributed by atoms with Crippen LogP contribution < -0.4 is 0 Å². The summed E-state index contributed by atoms with van der Waals surface area (Å²) in [5.41, 5.74) is 0. The molecule has 0 heterocycles. The molecule has 1 N–H and O–H groups in total. The van der Waals surface area contributed by atoms with Crippen molar-refractivity contribution in [3.8, 4) is 0 Å². The summed E-state index contributed by atoms with van der Waals surface area (Å²) in [6.45, 7) is -0.239. The third kappa shape index (κ3) is 3.12. The number of rotatable bonds is 3. The molecule has 40 valence electrons. The average Bonchev–Trinajstić information content (AvgIpc) is 1.68. The predicted molar refractivity (Wildman–Crippen MR) is 22.8 cm³/mol. The molecule has 3 nitrogen and oxygen atoms in total. The summed E-state index contributed by atoms with van der Waals surface area (Å²) < 4.78 is 0. The summed E-state index contributed by atoms with van der Waals surface area (Å²) in [4.78, 5) is 19.3. The van der Waals surface area contributed by atoms with Gasteiger partial charge in [-0.2, -0.15) is 0 Å². The van der Waals surface area contributed by atoms with E-state index in [0.717, 1.165) is 0 Å². The van der Waals surface area contributed by atoms with E-state index in [9.17, 15) is 9.59 Å². The van der Waals surface area contributed by atoms with E-state index >= 15 is 0 Å². The quantitative estimate of drug-likeness (QED) is 0.372. The molecule has 0 aromatic rings. The SMILES string of the molecule is O=CC(=O)CCO. The van der Waals surface area contributed by atoms with Crippen molar-refractivity contribution in [3.63, 3.8) is 0 Å². The van der Waals surface area contributed by atoms with Gasteiger partial charge in [0.05, 0.1) is 6.61 Å². The van der Waals surface area contributed by atoms with E-state index in [-0.39, 0.29) is 19.3 Å². The number of aldehydes is 1. The lowest BCUT2D eigenvalue weighted by Crippen LogP contribution is -2.00. The Morgan fingerprint density at radius 1 is 1.71 bits per heavy atom. The molecule has 0 fully saturated rings. The first kappa shape index (κ1) is 6.30. The van der Waals surface area contributed by atoms with Gasteiger partial charge in [0.2, 0.25) is 0 Å². The lowest BCUT2D eigenvalue weighted by molar-refractivity contribution is -0.130. The number of aliphatic hydroxyl groups excluding tert-OH is 1. The molecule has 7 heavy (non-hydrogen) atoms. The number of Topliss-reactive ketones (excluding diaryl/α,β-unsaturated/α-hetero) is 1. The second-order valence-corrected chi connectivity index (χ2v) is 1.06.